The number of aromatic nitrogens is 3. The Kier molecular flexibility index (Phi) is 6.29. The molecule has 1 unspecified atom stereocenters. The first kappa shape index (κ1) is 30.2. The number of nitriles is 1. The van der Waals surface area contributed by atoms with Gasteiger partial charge in [-0.1, -0.05) is 105 Å². The minimum Gasteiger partial charge on any atom is -0.208 e. The Morgan fingerprint density at radius 3 is 1.90 bits per heavy atom. The Morgan fingerprint density at radius 1 is 0.596 bits per heavy atom. The highest BCUT2D eigenvalue weighted by Crippen LogP contribution is 2.81. The molecular formula is C48H40N4. The van der Waals surface area contributed by atoms with Crippen LogP contribution in [-0.4, -0.2) is 15.0 Å². The van der Waals surface area contributed by atoms with E-state index in [9.17, 15) is 5.26 Å². The zero-order chi connectivity index (χ0) is 34.7. The lowest BCUT2D eigenvalue weighted by molar-refractivity contribution is -0.176. The summed E-state index contributed by atoms with van der Waals surface area (Å²) in [6.45, 7) is 2.59. The summed E-state index contributed by atoms with van der Waals surface area (Å²) in [6, 6.07) is 43.6. The first-order chi connectivity index (χ1) is 25.5. The molecule has 5 aliphatic carbocycles. The fourth-order valence-corrected chi connectivity index (χ4v) is 11.9. The lowest BCUT2D eigenvalue weighted by atomic mass is 9.31. The summed E-state index contributed by atoms with van der Waals surface area (Å²) >= 11 is 0. The van der Waals surface area contributed by atoms with Gasteiger partial charge in [0.15, 0.2) is 17.5 Å². The van der Waals surface area contributed by atoms with Gasteiger partial charge in [-0.05, 0) is 125 Å². The van der Waals surface area contributed by atoms with E-state index in [1.807, 2.05) is 42.5 Å². The Hall–Kier alpha value is -5.40. The normalized spacial score (nSPS) is 25.5. The number of nitrogens with zero attached hydrogens (tertiary/aromatic N) is 4. The maximum absolute atomic E-state index is 9.43. The minimum atomic E-state index is -0.0603. The lowest BCUT2D eigenvalue weighted by Crippen LogP contribution is -2.68. The maximum Gasteiger partial charge on any atom is 0.164 e. The van der Waals surface area contributed by atoms with E-state index in [0.717, 1.165) is 41.4 Å². The summed E-state index contributed by atoms with van der Waals surface area (Å²) in [6.07, 6.45) is 10.3. The second kappa shape index (κ2) is 10.8. The summed E-state index contributed by atoms with van der Waals surface area (Å²) in [5.41, 5.74) is 14.1. The van der Waals surface area contributed by atoms with Crippen LogP contribution in [0.2, 0.25) is 0 Å². The van der Waals surface area contributed by atoms with Gasteiger partial charge in [0.2, 0.25) is 0 Å². The van der Waals surface area contributed by atoms with Gasteiger partial charge in [-0.2, -0.15) is 5.26 Å². The van der Waals surface area contributed by atoms with Gasteiger partial charge in [0, 0.05) is 27.5 Å². The van der Waals surface area contributed by atoms with Crippen LogP contribution in [-0.2, 0) is 10.8 Å². The molecule has 11 rings (SSSR count). The fourth-order valence-electron chi connectivity index (χ4n) is 11.9. The van der Waals surface area contributed by atoms with Gasteiger partial charge in [-0.3, -0.25) is 0 Å². The highest BCUT2D eigenvalue weighted by atomic mass is 15.0. The minimum absolute atomic E-state index is 0.0603. The van der Waals surface area contributed by atoms with E-state index in [0.29, 0.717) is 33.9 Å². The van der Waals surface area contributed by atoms with E-state index in [4.69, 9.17) is 15.0 Å². The van der Waals surface area contributed by atoms with Crippen molar-refractivity contribution < 1.29 is 0 Å². The molecule has 0 bridgehead atoms. The van der Waals surface area contributed by atoms with Crippen molar-refractivity contribution in [3.8, 4) is 62.5 Å². The van der Waals surface area contributed by atoms with Gasteiger partial charge in [0.25, 0.3) is 0 Å². The molecule has 5 aliphatic rings. The standard InChI is InChI=1S/C48H40N4/c1-46-36-21-22-37(46)28-48(46,27-36)35-19-16-31(17-20-35)34-18-23-41-40(26-34)38-10-7-11-39(42(38)47(41)24-5-6-25-47)45-51-43(32-8-3-2-4-9-32)50-44(52-45)33-14-12-30(29-49)13-15-33/h2-4,7-20,23,26,36-37H,5-6,21-22,24-25,27-28H2,1H3/t36-,37+,46-,48?. The molecule has 0 aliphatic heterocycles. The van der Waals surface area contributed by atoms with Gasteiger partial charge >= 0.3 is 0 Å². The SMILES string of the molecule is C[C@@]12[C@@H]3CC[C@H]1CC2(c1ccc(-c2ccc4c(c2)-c2cccc(-c5nc(-c6ccccc6)nc(-c6ccc(C#N)cc6)n5)c2C42CCCC2)cc1)C3. The van der Waals surface area contributed by atoms with Crippen LogP contribution in [0.5, 0.6) is 0 Å². The van der Waals surface area contributed by atoms with Crippen LogP contribution < -0.4 is 0 Å². The molecule has 6 aromatic rings. The van der Waals surface area contributed by atoms with Crippen molar-refractivity contribution in [2.75, 3.05) is 0 Å². The van der Waals surface area contributed by atoms with Crippen LogP contribution in [0.15, 0.2) is 115 Å². The monoisotopic (exact) mass is 672 g/mol. The zero-order valence-electron chi connectivity index (χ0n) is 29.6. The number of hydrogen-bond donors (Lipinski definition) is 0. The van der Waals surface area contributed by atoms with Crippen LogP contribution >= 0.6 is 0 Å². The number of rotatable bonds is 5. The molecule has 0 saturated heterocycles. The highest BCUT2D eigenvalue weighted by molar-refractivity contribution is 5.90. The molecule has 5 aromatic carbocycles. The smallest absolute Gasteiger partial charge is 0.164 e. The van der Waals surface area contributed by atoms with Gasteiger partial charge in [-0.15, -0.1) is 0 Å². The van der Waals surface area contributed by atoms with E-state index in [-0.39, 0.29) is 5.41 Å². The first-order valence-electron chi connectivity index (χ1n) is 19.2. The molecule has 4 heteroatoms. The van der Waals surface area contributed by atoms with Crippen LogP contribution in [0.25, 0.3) is 56.4 Å². The molecule has 4 saturated carbocycles. The van der Waals surface area contributed by atoms with Gasteiger partial charge < -0.3 is 0 Å². The summed E-state index contributed by atoms with van der Waals surface area (Å²) in [7, 11) is 0. The Morgan fingerprint density at radius 2 is 1.21 bits per heavy atom. The van der Waals surface area contributed by atoms with Crippen LogP contribution in [0.4, 0.5) is 0 Å². The van der Waals surface area contributed by atoms with Crippen molar-refractivity contribution in [2.24, 2.45) is 17.3 Å². The number of benzene rings is 5. The third-order valence-electron chi connectivity index (χ3n) is 14.6. The van der Waals surface area contributed by atoms with Crippen molar-refractivity contribution in [3.05, 3.63) is 138 Å². The third kappa shape index (κ3) is 3.94. The molecule has 4 fully saturated rings. The molecule has 0 radical (unpaired) electrons. The number of hydrogen-bond acceptors (Lipinski definition) is 4. The second-order valence-electron chi connectivity index (χ2n) is 16.5. The highest BCUT2D eigenvalue weighted by Gasteiger charge is 2.75. The predicted molar refractivity (Wildman–Crippen MR) is 206 cm³/mol. The van der Waals surface area contributed by atoms with Crippen molar-refractivity contribution >= 4 is 0 Å². The van der Waals surface area contributed by atoms with E-state index >= 15 is 0 Å². The molecule has 52 heavy (non-hydrogen) atoms. The van der Waals surface area contributed by atoms with Crippen molar-refractivity contribution in [3.63, 3.8) is 0 Å². The molecule has 0 N–H and O–H groups in total. The van der Waals surface area contributed by atoms with E-state index < -0.39 is 0 Å². The molecule has 1 heterocycles. The lowest BCUT2D eigenvalue weighted by Gasteiger charge is -2.72. The Labute approximate surface area is 305 Å². The molecular weight excluding hydrogens is 633 g/mol. The van der Waals surface area contributed by atoms with Gasteiger partial charge in [0.05, 0.1) is 11.6 Å². The topological polar surface area (TPSA) is 62.5 Å². The molecule has 1 aromatic heterocycles. The van der Waals surface area contributed by atoms with E-state index in [1.165, 1.54) is 71.9 Å². The van der Waals surface area contributed by atoms with Gasteiger partial charge in [-0.25, -0.2) is 15.0 Å². The average molecular weight is 673 g/mol. The zero-order valence-corrected chi connectivity index (χ0v) is 29.6. The molecule has 4 atom stereocenters. The van der Waals surface area contributed by atoms with E-state index in [2.05, 4.69) is 85.8 Å². The van der Waals surface area contributed by atoms with Gasteiger partial charge in [0.1, 0.15) is 0 Å². The quantitative estimate of drug-likeness (QED) is 0.183. The summed E-state index contributed by atoms with van der Waals surface area (Å²) in [4.78, 5) is 15.3. The maximum atomic E-state index is 9.43. The van der Waals surface area contributed by atoms with Crippen LogP contribution in [0.3, 0.4) is 0 Å². The molecule has 1 spiro atoms. The molecule has 0 amide bonds. The van der Waals surface area contributed by atoms with Crippen LogP contribution in [0, 0.1) is 28.6 Å². The summed E-state index contributed by atoms with van der Waals surface area (Å²) in [5.74, 6) is 3.86. The summed E-state index contributed by atoms with van der Waals surface area (Å²) < 4.78 is 0. The first-order valence-corrected chi connectivity index (χ1v) is 19.2. The Balaban J connectivity index is 1.02. The van der Waals surface area contributed by atoms with E-state index in [1.54, 1.807) is 5.56 Å². The summed E-state index contributed by atoms with van der Waals surface area (Å²) in [5, 5.41) is 9.43. The van der Waals surface area contributed by atoms with Crippen molar-refractivity contribution in [1.82, 2.24) is 15.0 Å². The molecule has 4 nitrogen and oxygen atoms in total. The Bertz CT molecular complexity index is 2430. The average Bonchev–Trinajstić information content (AvgIpc) is 3.79. The third-order valence-corrected chi connectivity index (χ3v) is 14.6. The largest absolute Gasteiger partial charge is 0.208 e. The number of fused-ring (bicyclic) bond motifs is 5. The van der Waals surface area contributed by atoms with Crippen molar-refractivity contribution in [1.29, 1.82) is 5.26 Å². The predicted octanol–water partition coefficient (Wildman–Crippen LogP) is 11.3. The second-order valence-corrected chi connectivity index (χ2v) is 16.5. The van der Waals surface area contributed by atoms with Crippen LogP contribution in [0.1, 0.15) is 80.5 Å². The van der Waals surface area contributed by atoms with Crippen molar-refractivity contribution in [2.45, 2.75) is 69.1 Å². The fraction of sp³-hybridized carbons (Fsp3) is 0.292. The molecule has 252 valence electrons.